The zero-order chi connectivity index (χ0) is 18.1. The van der Waals surface area contributed by atoms with E-state index in [1.807, 2.05) is 30.5 Å². The van der Waals surface area contributed by atoms with Gasteiger partial charge in [-0.2, -0.15) is 0 Å². The van der Waals surface area contributed by atoms with Gasteiger partial charge >= 0.3 is 0 Å². The van der Waals surface area contributed by atoms with Gasteiger partial charge in [0.2, 0.25) is 0 Å². The van der Waals surface area contributed by atoms with Crippen LogP contribution in [0.1, 0.15) is 43.1 Å². The molecule has 0 bridgehead atoms. The van der Waals surface area contributed by atoms with Gasteiger partial charge in [0.05, 0.1) is 30.6 Å². The number of aromatic nitrogens is 2. The lowest BCUT2D eigenvalue weighted by Crippen LogP contribution is -2.36. The minimum atomic E-state index is 0.0105. The number of hydrogen-bond donors (Lipinski definition) is 1. The molecule has 0 radical (unpaired) electrons. The minimum absolute atomic E-state index is 0.0105. The largest absolute Gasteiger partial charge is 0.467 e. The normalized spacial score (nSPS) is 20.0. The number of nitrogens with one attached hydrogen (secondary N) is 1. The molecule has 0 spiro atoms. The fourth-order valence-electron chi connectivity index (χ4n) is 3.65. The first kappa shape index (κ1) is 16.8. The van der Waals surface area contributed by atoms with Gasteiger partial charge < -0.3 is 19.2 Å². The van der Waals surface area contributed by atoms with Crippen LogP contribution in [-0.2, 0) is 6.54 Å². The Morgan fingerprint density at radius 2 is 2.08 bits per heavy atom. The second kappa shape index (κ2) is 6.96. The van der Waals surface area contributed by atoms with Gasteiger partial charge in [-0.05, 0) is 62.5 Å². The molecule has 5 nitrogen and oxygen atoms in total. The Bertz CT molecular complexity index is 872. The van der Waals surface area contributed by atoms with E-state index in [9.17, 15) is 0 Å². The molecule has 6 heteroatoms. The Morgan fingerprint density at radius 1 is 1.19 bits per heavy atom. The average Bonchev–Trinajstić information content (AvgIpc) is 3.36. The summed E-state index contributed by atoms with van der Waals surface area (Å²) in [6, 6.07) is 14.5. The molecular weight excluding hydrogens is 344 g/mol. The van der Waals surface area contributed by atoms with E-state index in [0.29, 0.717) is 6.54 Å². The highest BCUT2D eigenvalue weighted by Gasteiger charge is 2.42. The molecule has 1 aliphatic rings. The Hall–Kier alpha value is -2.60. The Labute approximate surface area is 158 Å². The SMILES string of the molecule is CC(C)N1C(=S)N[C@H](c2ccccn2)[C@@H]1c1cccn1Cc1ccco1. The van der Waals surface area contributed by atoms with Crippen LogP contribution in [0.4, 0.5) is 0 Å². The maximum absolute atomic E-state index is 5.66. The number of hydrogen-bond acceptors (Lipinski definition) is 3. The summed E-state index contributed by atoms with van der Waals surface area (Å²) in [5.41, 5.74) is 2.19. The van der Waals surface area contributed by atoms with E-state index in [2.05, 4.69) is 58.0 Å². The van der Waals surface area contributed by atoms with E-state index < -0.39 is 0 Å². The molecule has 2 atom stereocenters. The summed E-state index contributed by atoms with van der Waals surface area (Å²) in [5, 5.41) is 4.25. The quantitative estimate of drug-likeness (QED) is 0.694. The first-order chi connectivity index (χ1) is 12.6. The van der Waals surface area contributed by atoms with Gasteiger partial charge in [-0.25, -0.2) is 0 Å². The molecule has 0 aromatic carbocycles. The first-order valence-corrected chi connectivity index (χ1v) is 9.23. The summed E-state index contributed by atoms with van der Waals surface area (Å²) >= 11 is 5.66. The highest BCUT2D eigenvalue weighted by molar-refractivity contribution is 7.80. The van der Waals surface area contributed by atoms with Crippen molar-refractivity contribution < 1.29 is 4.42 Å². The fourth-order valence-corrected chi connectivity index (χ4v) is 4.10. The van der Waals surface area contributed by atoms with Crippen LogP contribution in [0.25, 0.3) is 0 Å². The smallest absolute Gasteiger partial charge is 0.170 e. The summed E-state index contributed by atoms with van der Waals surface area (Å²) in [4.78, 5) is 6.84. The predicted molar refractivity (Wildman–Crippen MR) is 105 cm³/mol. The highest BCUT2D eigenvalue weighted by atomic mass is 32.1. The molecular formula is C20H22N4OS. The molecule has 0 aliphatic carbocycles. The van der Waals surface area contributed by atoms with Crippen LogP contribution in [0.15, 0.2) is 65.5 Å². The third kappa shape index (κ3) is 3.01. The first-order valence-electron chi connectivity index (χ1n) is 8.82. The van der Waals surface area contributed by atoms with Crippen molar-refractivity contribution >= 4 is 17.3 Å². The van der Waals surface area contributed by atoms with Crippen LogP contribution in [0, 0.1) is 0 Å². The Kier molecular flexibility index (Phi) is 4.51. The Morgan fingerprint density at radius 3 is 2.77 bits per heavy atom. The molecule has 1 aliphatic heterocycles. The van der Waals surface area contributed by atoms with Crippen molar-refractivity contribution in [2.75, 3.05) is 0 Å². The maximum Gasteiger partial charge on any atom is 0.170 e. The van der Waals surface area contributed by atoms with E-state index in [1.54, 1.807) is 6.26 Å². The average molecular weight is 366 g/mol. The molecule has 134 valence electrons. The van der Waals surface area contributed by atoms with Gasteiger partial charge in [-0.3, -0.25) is 4.98 Å². The van der Waals surface area contributed by atoms with Crippen molar-refractivity contribution in [3.8, 4) is 0 Å². The number of nitrogens with zero attached hydrogens (tertiary/aromatic N) is 3. The van der Waals surface area contributed by atoms with Crippen LogP contribution < -0.4 is 5.32 Å². The lowest BCUT2D eigenvalue weighted by atomic mass is 10.0. The molecule has 4 rings (SSSR count). The fraction of sp³-hybridized carbons (Fsp3) is 0.300. The molecule has 4 heterocycles. The molecule has 1 N–H and O–H groups in total. The van der Waals surface area contributed by atoms with Crippen molar-refractivity contribution in [2.24, 2.45) is 0 Å². The topological polar surface area (TPSA) is 46.2 Å². The summed E-state index contributed by atoms with van der Waals surface area (Å²) in [7, 11) is 0. The predicted octanol–water partition coefficient (Wildman–Crippen LogP) is 3.91. The number of rotatable bonds is 5. The molecule has 0 amide bonds. The number of thiocarbonyl (C=S) groups is 1. The zero-order valence-corrected chi connectivity index (χ0v) is 15.7. The van der Waals surface area contributed by atoms with Gasteiger partial charge in [-0.1, -0.05) is 6.07 Å². The molecule has 0 saturated carbocycles. The van der Waals surface area contributed by atoms with Crippen molar-refractivity contribution in [1.29, 1.82) is 0 Å². The van der Waals surface area contributed by atoms with E-state index in [-0.39, 0.29) is 18.1 Å². The van der Waals surface area contributed by atoms with Gasteiger partial charge in [0.25, 0.3) is 0 Å². The summed E-state index contributed by atoms with van der Waals surface area (Å²) in [5.74, 6) is 0.932. The monoisotopic (exact) mass is 366 g/mol. The Balaban J connectivity index is 1.75. The number of pyridine rings is 1. The van der Waals surface area contributed by atoms with Gasteiger partial charge in [0.15, 0.2) is 5.11 Å². The van der Waals surface area contributed by atoms with Crippen molar-refractivity contribution in [2.45, 2.75) is 38.5 Å². The summed E-state index contributed by atoms with van der Waals surface area (Å²) in [6.45, 7) is 5.03. The summed E-state index contributed by atoms with van der Waals surface area (Å²) < 4.78 is 7.77. The van der Waals surface area contributed by atoms with Crippen LogP contribution in [-0.4, -0.2) is 25.6 Å². The highest BCUT2D eigenvalue weighted by Crippen LogP contribution is 2.40. The standard InChI is InChI=1S/C20H22N4OS/c1-14(2)24-19(18(22-20(24)26)16-8-3-4-10-21-16)17-9-5-11-23(17)13-15-7-6-12-25-15/h3-12,14,18-19H,13H2,1-2H3,(H,22,26)/t18-,19+/m1/s1. The zero-order valence-electron chi connectivity index (χ0n) is 14.9. The third-order valence-corrected chi connectivity index (χ3v) is 5.09. The molecule has 1 saturated heterocycles. The van der Waals surface area contributed by atoms with E-state index in [0.717, 1.165) is 16.6 Å². The summed E-state index contributed by atoms with van der Waals surface area (Å²) in [6.07, 6.45) is 5.63. The second-order valence-corrected chi connectivity index (χ2v) is 7.15. The van der Waals surface area contributed by atoms with Crippen molar-refractivity contribution in [3.05, 3.63) is 78.3 Å². The molecule has 1 fully saturated rings. The second-order valence-electron chi connectivity index (χ2n) is 6.77. The van der Waals surface area contributed by atoms with E-state index in [1.165, 1.54) is 5.69 Å². The van der Waals surface area contributed by atoms with E-state index in [4.69, 9.17) is 16.6 Å². The van der Waals surface area contributed by atoms with Crippen molar-refractivity contribution in [3.63, 3.8) is 0 Å². The minimum Gasteiger partial charge on any atom is -0.467 e. The lowest BCUT2D eigenvalue weighted by molar-refractivity contribution is 0.258. The van der Waals surface area contributed by atoms with Gasteiger partial charge in [0.1, 0.15) is 5.76 Å². The van der Waals surface area contributed by atoms with Gasteiger partial charge in [0, 0.05) is 24.1 Å². The maximum atomic E-state index is 5.66. The van der Waals surface area contributed by atoms with Crippen LogP contribution >= 0.6 is 12.2 Å². The molecule has 3 aromatic rings. The third-order valence-electron chi connectivity index (χ3n) is 4.77. The number of furan rings is 1. The lowest BCUT2D eigenvalue weighted by Gasteiger charge is -2.31. The van der Waals surface area contributed by atoms with Crippen LogP contribution in [0.3, 0.4) is 0 Å². The molecule has 0 unspecified atom stereocenters. The van der Waals surface area contributed by atoms with Crippen molar-refractivity contribution in [1.82, 2.24) is 19.8 Å². The van der Waals surface area contributed by atoms with E-state index >= 15 is 0 Å². The molecule has 3 aromatic heterocycles. The van der Waals surface area contributed by atoms with Crippen LogP contribution in [0.5, 0.6) is 0 Å². The molecule has 26 heavy (non-hydrogen) atoms. The van der Waals surface area contributed by atoms with Gasteiger partial charge in [-0.15, -0.1) is 0 Å². The van der Waals surface area contributed by atoms with Crippen LogP contribution in [0.2, 0.25) is 0 Å².